The number of ether oxygens (including phenoxy) is 1. The Morgan fingerprint density at radius 1 is 1.28 bits per heavy atom. The van der Waals surface area contributed by atoms with Crippen molar-refractivity contribution in [2.75, 3.05) is 11.9 Å². The summed E-state index contributed by atoms with van der Waals surface area (Å²) in [5.74, 6) is -0.405. The molecule has 3 rings (SSSR count). The Morgan fingerprint density at radius 2 is 2.04 bits per heavy atom. The molecule has 1 heterocycles. The van der Waals surface area contributed by atoms with Crippen molar-refractivity contribution in [2.24, 2.45) is 0 Å². The number of nitrogens with zero attached hydrogens (tertiary/aromatic N) is 2. The van der Waals surface area contributed by atoms with Crippen LogP contribution in [-0.2, 0) is 4.74 Å². The number of fused-ring (bicyclic) bond motifs is 1. The summed E-state index contributed by atoms with van der Waals surface area (Å²) in [4.78, 5) is 16.5. The van der Waals surface area contributed by atoms with Gasteiger partial charge in [0.25, 0.3) is 0 Å². The number of aromatic nitrogens is 1. The van der Waals surface area contributed by atoms with Gasteiger partial charge in [0.2, 0.25) is 0 Å². The molecule has 25 heavy (non-hydrogen) atoms. The number of benzene rings is 2. The maximum absolute atomic E-state index is 12.0. The zero-order chi connectivity index (χ0) is 17.6. The number of thiazole rings is 1. The molecular formula is C19H15N3O2S. The molecule has 0 spiro atoms. The summed E-state index contributed by atoms with van der Waals surface area (Å²) in [6.45, 7) is 2.06. The molecule has 0 saturated heterocycles. The van der Waals surface area contributed by atoms with Crippen LogP contribution in [0, 0.1) is 11.3 Å². The van der Waals surface area contributed by atoms with Crippen molar-refractivity contribution in [1.82, 2.24) is 4.98 Å². The summed E-state index contributed by atoms with van der Waals surface area (Å²) in [6, 6.07) is 16.9. The highest BCUT2D eigenvalue weighted by Gasteiger charge is 2.12. The molecule has 1 N–H and O–H groups in total. The van der Waals surface area contributed by atoms with E-state index in [2.05, 4.69) is 16.4 Å². The molecule has 6 heteroatoms. The number of carbonyl (C=O) groups is 1. The highest BCUT2D eigenvalue weighted by molar-refractivity contribution is 7.19. The van der Waals surface area contributed by atoms with Gasteiger partial charge in [-0.1, -0.05) is 24.3 Å². The standard InChI is InChI=1S/C19H15N3O2S/c1-2-24-19(23)14-7-3-4-8-15(14)21-12-13(11-20)18-22-16-9-5-6-10-17(16)25-18/h3-10,12,21H,2H2,1H3/b13-12-. The Morgan fingerprint density at radius 3 is 2.80 bits per heavy atom. The molecule has 3 aromatic rings. The van der Waals surface area contributed by atoms with E-state index in [9.17, 15) is 10.1 Å². The Balaban J connectivity index is 1.90. The monoisotopic (exact) mass is 349 g/mol. The van der Waals surface area contributed by atoms with Crippen LogP contribution in [0.3, 0.4) is 0 Å². The second-order valence-corrected chi connectivity index (χ2v) is 6.10. The lowest BCUT2D eigenvalue weighted by Crippen LogP contribution is -2.07. The first-order valence-corrected chi connectivity index (χ1v) is 8.53. The molecule has 0 unspecified atom stereocenters. The highest BCUT2D eigenvalue weighted by atomic mass is 32.1. The summed E-state index contributed by atoms with van der Waals surface area (Å²) in [5, 5.41) is 13.1. The van der Waals surface area contributed by atoms with Crippen molar-refractivity contribution in [3.63, 3.8) is 0 Å². The van der Waals surface area contributed by atoms with Gasteiger partial charge in [-0.15, -0.1) is 11.3 Å². The molecule has 0 bridgehead atoms. The van der Waals surface area contributed by atoms with E-state index in [0.717, 1.165) is 10.2 Å². The Labute approximate surface area is 149 Å². The van der Waals surface area contributed by atoms with E-state index >= 15 is 0 Å². The molecule has 0 radical (unpaired) electrons. The van der Waals surface area contributed by atoms with Crippen molar-refractivity contribution in [1.29, 1.82) is 5.26 Å². The predicted octanol–water partition coefficient (Wildman–Crippen LogP) is 4.45. The first-order chi connectivity index (χ1) is 12.2. The van der Waals surface area contributed by atoms with Crippen molar-refractivity contribution in [2.45, 2.75) is 6.92 Å². The minimum Gasteiger partial charge on any atom is -0.462 e. The molecule has 0 aliphatic carbocycles. The van der Waals surface area contributed by atoms with Crippen LogP contribution in [0.15, 0.2) is 54.7 Å². The summed E-state index contributed by atoms with van der Waals surface area (Å²) in [5.41, 5.74) is 2.26. The van der Waals surface area contributed by atoms with Crippen LogP contribution >= 0.6 is 11.3 Å². The van der Waals surface area contributed by atoms with Gasteiger partial charge < -0.3 is 10.1 Å². The molecule has 0 fully saturated rings. The minimum absolute atomic E-state index is 0.304. The fourth-order valence-electron chi connectivity index (χ4n) is 2.27. The van der Waals surface area contributed by atoms with E-state index in [1.54, 1.807) is 31.3 Å². The van der Waals surface area contributed by atoms with Crippen LogP contribution in [0.5, 0.6) is 0 Å². The van der Waals surface area contributed by atoms with Crippen LogP contribution in [0.1, 0.15) is 22.3 Å². The third-order valence-corrected chi connectivity index (χ3v) is 4.51. The van der Waals surface area contributed by atoms with Gasteiger partial charge in [-0.2, -0.15) is 5.26 Å². The largest absolute Gasteiger partial charge is 0.462 e. The number of carbonyl (C=O) groups excluding carboxylic acids is 1. The number of hydrogen-bond donors (Lipinski definition) is 1. The average Bonchev–Trinajstić information content (AvgIpc) is 3.06. The number of hydrogen-bond acceptors (Lipinski definition) is 6. The number of anilines is 1. The first kappa shape index (κ1) is 16.7. The normalized spacial score (nSPS) is 11.1. The first-order valence-electron chi connectivity index (χ1n) is 7.72. The molecule has 5 nitrogen and oxygen atoms in total. The molecule has 0 amide bonds. The highest BCUT2D eigenvalue weighted by Crippen LogP contribution is 2.27. The SMILES string of the molecule is CCOC(=O)c1ccccc1N/C=C(/C#N)c1nc2ccccc2s1. The molecule has 2 aromatic carbocycles. The van der Waals surface area contributed by atoms with Gasteiger partial charge in [-0.25, -0.2) is 9.78 Å². The van der Waals surface area contributed by atoms with E-state index in [1.165, 1.54) is 11.3 Å². The van der Waals surface area contributed by atoms with E-state index in [4.69, 9.17) is 4.74 Å². The van der Waals surface area contributed by atoms with Crippen LogP contribution in [0.25, 0.3) is 15.8 Å². The number of para-hydroxylation sites is 2. The molecule has 124 valence electrons. The summed E-state index contributed by atoms with van der Waals surface area (Å²) >= 11 is 1.45. The zero-order valence-corrected chi connectivity index (χ0v) is 14.3. The molecule has 0 aliphatic rings. The van der Waals surface area contributed by atoms with Crippen LogP contribution in [0.2, 0.25) is 0 Å². The van der Waals surface area contributed by atoms with Gasteiger partial charge in [0.15, 0.2) is 0 Å². The van der Waals surface area contributed by atoms with E-state index in [-0.39, 0.29) is 0 Å². The summed E-state index contributed by atoms with van der Waals surface area (Å²) in [7, 11) is 0. The number of nitriles is 1. The fraction of sp³-hybridized carbons (Fsp3) is 0.105. The molecule has 1 aromatic heterocycles. The van der Waals surface area contributed by atoms with Crippen LogP contribution < -0.4 is 5.32 Å². The number of nitrogens with one attached hydrogen (secondary N) is 1. The maximum atomic E-state index is 12.0. The van der Waals surface area contributed by atoms with Gasteiger partial charge in [-0.3, -0.25) is 0 Å². The van der Waals surface area contributed by atoms with Crippen LogP contribution in [-0.4, -0.2) is 17.6 Å². The van der Waals surface area contributed by atoms with Gasteiger partial charge in [-0.05, 0) is 31.2 Å². The third kappa shape index (κ3) is 3.67. The van der Waals surface area contributed by atoms with Gasteiger partial charge in [0.1, 0.15) is 16.6 Å². The lowest BCUT2D eigenvalue weighted by atomic mass is 10.2. The van der Waals surface area contributed by atoms with Crippen LogP contribution in [0.4, 0.5) is 5.69 Å². The summed E-state index contributed by atoms with van der Waals surface area (Å²) < 4.78 is 6.07. The third-order valence-electron chi connectivity index (χ3n) is 3.44. The van der Waals surface area contributed by atoms with E-state index in [0.29, 0.717) is 28.4 Å². The van der Waals surface area contributed by atoms with Crippen molar-refractivity contribution in [3.8, 4) is 6.07 Å². The second-order valence-electron chi connectivity index (χ2n) is 5.07. The summed E-state index contributed by atoms with van der Waals surface area (Å²) in [6.07, 6.45) is 1.57. The maximum Gasteiger partial charge on any atom is 0.340 e. The van der Waals surface area contributed by atoms with Gasteiger partial charge in [0.05, 0.1) is 28.1 Å². The Kier molecular flexibility index (Phi) is 5.07. The second kappa shape index (κ2) is 7.60. The Hall–Kier alpha value is -3.17. The average molecular weight is 349 g/mol. The number of esters is 1. The van der Waals surface area contributed by atoms with E-state index in [1.807, 2.05) is 30.3 Å². The van der Waals surface area contributed by atoms with E-state index < -0.39 is 5.97 Å². The lowest BCUT2D eigenvalue weighted by molar-refractivity contribution is 0.0527. The zero-order valence-electron chi connectivity index (χ0n) is 13.5. The smallest absolute Gasteiger partial charge is 0.340 e. The molecule has 0 aliphatic heterocycles. The minimum atomic E-state index is -0.405. The van der Waals surface area contributed by atoms with Crippen molar-refractivity contribution < 1.29 is 9.53 Å². The van der Waals surface area contributed by atoms with Crippen molar-refractivity contribution >= 4 is 38.8 Å². The fourth-order valence-corrected chi connectivity index (χ4v) is 3.21. The number of allylic oxidation sites excluding steroid dienone is 1. The number of rotatable bonds is 5. The molecule has 0 atom stereocenters. The van der Waals surface area contributed by atoms with Crippen molar-refractivity contribution in [3.05, 3.63) is 65.3 Å². The van der Waals surface area contributed by atoms with Gasteiger partial charge >= 0.3 is 5.97 Å². The van der Waals surface area contributed by atoms with Gasteiger partial charge in [0, 0.05) is 6.20 Å². The quantitative estimate of drug-likeness (QED) is 0.544. The lowest BCUT2D eigenvalue weighted by Gasteiger charge is -2.08. The Bertz CT molecular complexity index is 952. The molecule has 0 saturated carbocycles. The predicted molar refractivity (Wildman–Crippen MR) is 99.2 cm³/mol. The topological polar surface area (TPSA) is 75.0 Å². The molecular weight excluding hydrogens is 334 g/mol.